The number of ether oxygens (including phenoxy) is 1. The molecule has 0 spiro atoms. The minimum atomic E-state index is -0.246. The van der Waals surface area contributed by atoms with E-state index in [-0.39, 0.29) is 12.0 Å². The topological polar surface area (TPSA) is 38.3 Å². The Bertz CT molecular complexity index is 872. The second-order valence-electron chi connectivity index (χ2n) is 7.82. The minimum Gasteiger partial charge on any atom is -0.462 e. The average molecular weight is 382 g/mol. The minimum absolute atomic E-state index is 0.230. The zero-order chi connectivity index (χ0) is 19.0. The van der Waals surface area contributed by atoms with Gasteiger partial charge in [-0.3, -0.25) is 0 Å². The molecule has 1 aliphatic carbocycles. The molecule has 3 unspecified atom stereocenters. The van der Waals surface area contributed by atoms with E-state index in [1.54, 1.807) is 0 Å². The number of anilines is 1. The smallest absolute Gasteiger partial charge is 0.338 e. The Kier molecular flexibility index (Phi) is 4.96. The van der Waals surface area contributed by atoms with Crippen LogP contribution in [0.5, 0.6) is 0 Å². The lowest BCUT2D eigenvalue weighted by atomic mass is 9.76. The molecule has 3 atom stereocenters. The van der Waals surface area contributed by atoms with E-state index >= 15 is 0 Å². The third-order valence-electron chi connectivity index (χ3n) is 5.38. The maximum absolute atomic E-state index is 12.4. The summed E-state index contributed by atoms with van der Waals surface area (Å²) in [7, 11) is 0. The van der Waals surface area contributed by atoms with Gasteiger partial charge in [0.15, 0.2) is 0 Å². The van der Waals surface area contributed by atoms with Gasteiger partial charge in [0.05, 0.1) is 18.2 Å². The van der Waals surface area contributed by atoms with Crippen LogP contribution in [0.15, 0.2) is 54.6 Å². The van der Waals surface area contributed by atoms with Crippen molar-refractivity contribution < 1.29 is 9.53 Å². The molecule has 1 aliphatic heterocycles. The van der Waals surface area contributed by atoms with E-state index in [1.807, 2.05) is 44.2 Å². The van der Waals surface area contributed by atoms with Gasteiger partial charge in [-0.05, 0) is 59.7 Å². The summed E-state index contributed by atoms with van der Waals surface area (Å²) in [6, 6.07) is 14.2. The molecule has 140 valence electrons. The van der Waals surface area contributed by atoms with Gasteiger partial charge in [-0.25, -0.2) is 4.79 Å². The molecule has 0 amide bonds. The molecule has 0 aromatic heterocycles. The van der Waals surface area contributed by atoms with E-state index in [2.05, 4.69) is 29.6 Å². The van der Waals surface area contributed by atoms with E-state index in [0.29, 0.717) is 29.9 Å². The molecule has 3 nitrogen and oxygen atoms in total. The predicted molar refractivity (Wildman–Crippen MR) is 109 cm³/mol. The van der Waals surface area contributed by atoms with E-state index in [4.69, 9.17) is 16.3 Å². The Morgan fingerprint density at radius 1 is 1.22 bits per heavy atom. The fraction of sp³-hybridized carbons (Fsp3) is 0.348. The van der Waals surface area contributed by atoms with Crippen molar-refractivity contribution in [2.45, 2.75) is 32.2 Å². The van der Waals surface area contributed by atoms with Crippen LogP contribution in [0.25, 0.3) is 0 Å². The number of fused-ring (bicyclic) bond motifs is 3. The SMILES string of the molecule is CC(C)COC(=O)c1ccc2c(c1)C1C=CCC1C(c1ccc(Cl)cc1)N2. The van der Waals surface area contributed by atoms with Crippen LogP contribution >= 0.6 is 11.6 Å². The molecule has 27 heavy (non-hydrogen) atoms. The Labute approximate surface area is 165 Å². The second kappa shape index (κ2) is 7.40. The molecule has 0 saturated carbocycles. The van der Waals surface area contributed by atoms with Crippen LogP contribution in [0.4, 0.5) is 5.69 Å². The Morgan fingerprint density at radius 2 is 2.00 bits per heavy atom. The first kappa shape index (κ1) is 18.1. The Morgan fingerprint density at radius 3 is 2.74 bits per heavy atom. The summed E-state index contributed by atoms with van der Waals surface area (Å²) in [4.78, 5) is 12.4. The van der Waals surface area contributed by atoms with Crippen molar-refractivity contribution in [1.82, 2.24) is 0 Å². The van der Waals surface area contributed by atoms with Crippen molar-refractivity contribution in [2.24, 2.45) is 11.8 Å². The summed E-state index contributed by atoms with van der Waals surface area (Å²) in [5.41, 5.74) is 4.13. The number of rotatable bonds is 4. The number of carbonyl (C=O) groups excluding carboxylic acids is 1. The normalized spacial score (nSPS) is 22.9. The van der Waals surface area contributed by atoms with Gasteiger partial charge in [0.2, 0.25) is 0 Å². The lowest BCUT2D eigenvalue weighted by Gasteiger charge is -2.37. The molecule has 2 aromatic carbocycles. The van der Waals surface area contributed by atoms with Crippen LogP contribution in [-0.2, 0) is 4.74 Å². The number of hydrogen-bond donors (Lipinski definition) is 1. The standard InChI is InChI=1S/C23H24ClNO2/c1-14(2)13-27-23(26)16-8-11-21-20(12-16)18-4-3-5-19(18)22(25-21)15-6-9-17(24)10-7-15/h3-4,6-12,14,18-19,22,25H,5,13H2,1-2H3. The number of esters is 1. The quantitative estimate of drug-likeness (QED) is 0.523. The molecule has 0 radical (unpaired) electrons. The van der Waals surface area contributed by atoms with Crippen molar-refractivity contribution in [3.05, 3.63) is 76.3 Å². The van der Waals surface area contributed by atoms with Gasteiger partial charge in [-0.2, -0.15) is 0 Å². The highest BCUT2D eigenvalue weighted by atomic mass is 35.5. The summed E-state index contributed by atoms with van der Waals surface area (Å²) in [6.45, 7) is 4.52. The molecule has 1 heterocycles. The maximum atomic E-state index is 12.4. The van der Waals surface area contributed by atoms with E-state index in [1.165, 1.54) is 11.1 Å². The number of hydrogen-bond acceptors (Lipinski definition) is 3. The number of halogens is 1. The number of allylic oxidation sites excluding steroid dienone is 2. The van der Waals surface area contributed by atoms with Crippen LogP contribution < -0.4 is 5.32 Å². The van der Waals surface area contributed by atoms with Gasteiger partial charge in [0.25, 0.3) is 0 Å². The van der Waals surface area contributed by atoms with Crippen LogP contribution in [0.3, 0.4) is 0 Å². The first-order chi connectivity index (χ1) is 13.0. The van der Waals surface area contributed by atoms with Gasteiger partial charge in [-0.1, -0.05) is 49.7 Å². The average Bonchev–Trinajstić information content (AvgIpc) is 3.16. The maximum Gasteiger partial charge on any atom is 0.338 e. The van der Waals surface area contributed by atoms with Gasteiger partial charge in [0, 0.05) is 16.6 Å². The van der Waals surface area contributed by atoms with Crippen LogP contribution in [0.1, 0.15) is 53.7 Å². The largest absolute Gasteiger partial charge is 0.462 e. The van der Waals surface area contributed by atoms with Crippen molar-refractivity contribution in [3.8, 4) is 0 Å². The molecule has 4 heteroatoms. The van der Waals surface area contributed by atoms with Crippen LogP contribution in [0.2, 0.25) is 5.02 Å². The van der Waals surface area contributed by atoms with Crippen LogP contribution in [0, 0.1) is 11.8 Å². The fourth-order valence-electron chi connectivity index (χ4n) is 4.05. The predicted octanol–water partition coefficient (Wildman–Crippen LogP) is 5.98. The van der Waals surface area contributed by atoms with E-state index < -0.39 is 0 Å². The zero-order valence-electron chi connectivity index (χ0n) is 15.6. The molecule has 4 rings (SSSR count). The summed E-state index contributed by atoms with van der Waals surface area (Å²) < 4.78 is 5.40. The molecular weight excluding hydrogens is 358 g/mol. The van der Waals surface area contributed by atoms with Crippen molar-refractivity contribution in [3.63, 3.8) is 0 Å². The summed E-state index contributed by atoms with van der Waals surface area (Å²) in [5.74, 6) is 0.820. The molecule has 2 aliphatic rings. The van der Waals surface area contributed by atoms with Crippen LogP contribution in [-0.4, -0.2) is 12.6 Å². The van der Waals surface area contributed by atoms with Gasteiger partial charge in [-0.15, -0.1) is 0 Å². The molecular formula is C23H24ClNO2. The number of benzene rings is 2. The third kappa shape index (κ3) is 3.61. The zero-order valence-corrected chi connectivity index (χ0v) is 16.4. The molecule has 0 fully saturated rings. The third-order valence-corrected chi connectivity index (χ3v) is 5.63. The number of nitrogens with one attached hydrogen (secondary N) is 1. The van der Waals surface area contributed by atoms with Gasteiger partial charge < -0.3 is 10.1 Å². The summed E-state index contributed by atoms with van der Waals surface area (Å²) in [5, 5.41) is 4.44. The number of carbonyl (C=O) groups is 1. The highest BCUT2D eigenvalue weighted by Crippen LogP contribution is 2.50. The summed E-state index contributed by atoms with van der Waals surface area (Å²) in [6.07, 6.45) is 5.54. The van der Waals surface area contributed by atoms with E-state index in [0.717, 1.165) is 17.1 Å². The monoisotopic (exact) mass is 381 g/mol. The first-order valence-electron chi connectivity index (χ1n) is 9.52. The first-order valence-corrected chi connectivity index (χ1v) is 9.90. The van der Waals surface area contributed by atoms with Crippen molar-refractivity contribution >= 4 is 23.3 Å². The van der Waals surface area contributed by atoms with Crippen molar-refractivity contribution in [1.29, 1.82) is 0 Å². The van der Waals surface area contributed by atoms with Gasteiger partial charge in [0.1, 0.15) is 0 Å². The van der Waals surface area contributed by atoms with Gasteiger partial charge >= 0.3 is 5.97 Å². The summed E-state index contributed by atoms with van der Waals surface area (Å²) >= 11 is 6.06. The Hall–Kier alpha value is -2.26. The van der Waals surface area contributed by atoms with Crippen molar-refractivity contribution in [2.75, 3.05) is 11.9 Å². The molecule has 0 saturated heterocycles. The highest BCUT2D eigenvalue weighted by Gasteiger charge is 2.38. The highest BCUT2D eigenvalue weighted by molar-refractivity contribution is 6.30. The fourth-order valence-corrected chi connectivity index (χ4v) is 4.17. The lowest BCUT2D eigenvalue weighted by Crippen LogP contribution is -2.29. The molecule has 0 bridgehead atoms. The lowest BCUT2D eigenvalue weighted by molar-refractivity contribution is 0.0459. The molecule has 1 N–H and O–H groups in total. The van der Waals surface area contributed by atoms with E-state index in [9.17, 15) is 4.79 Å². The molecule has 2 aromatic rings. The Balaban J connectivity index is 1.63. The second-order valence-corrected chi connectivity index (χ2v) is 8.26.